The Balaban J connectivity index is 1.80. The van der Waals surface area contributed by atoms with Gasteiger partial charge in [-0.15, -0.1) is 17.8 Å². The fourth-order valence-electron chi connectivity index (χ4n) is 3.84. The van der Waals surface area contributed by atoms with Gasteiger partial charge in [0.15, 0.2) is 5.57 Å². The van der Waals surface area contributed by atoms with Crippen molar-refractivity contribution < 1.29 is 18.4 Å². The number of aromatic nitrogens is 1. The Morgan fingerprint density at radius 1 is 1.32 bits per heavy atom. The maximum absolute atomic E-state index is 13.4. The fourth-order valence-corrected chi connectivity index (χ4v) is 4.93. The van der Waals surface area contributed by atoms with E-state index in [2.05, 4.69) is 16.6 Å². The average Bonchev–Trinajstić information content (AvgIpc) is 3.22. The van der Waals surface area contributed by atoms with E-state index in [1.54, 1.807) is 43.1 Å². The summed E-state index contributed by atoms with van der Waals surface area (Å²) in [7, 11) is 1.61. The third-order valence-corrected chi connectivity index (χ3v) is 7.18. The van der Waals surface area contributed by atoms with Gasteiger partial charge in [0, 0.05) is 57.1 Å². The number of amides is 2. The molecule has 0 atom stereocenters. The first kappa shape index (κ1) is 28.6. The number of benzene rings is 1. The van der Waals surface area contributed by atoms with Crippen LogP contribution in [0.1, 0.15) is 19.8 Å². The molecule has 3 rings (SSSR count). The van der Waals surface area contributed by atoms with Gasteiger partial charge < -0.3 is 15.5 Å². The van der Waals surface area contributed by atoms with Crippen LogP contribution in [0.4, 0.5) is 20.2 Å². The summed E-state index contributed by atoms with van der Waals surface area (Å²) in [6.07, 6.45) is 6.12. The highest BCUT2D eigenvalue weighted by Crippen LogP contribution is 2.27. The molecular formula is C26H28F2N6O3S. The molecule has 12 heteroatoms. The predicted octanol–water partition coefficient (Wildman–Crippen LogP) is 0.897. The Bertz CT molecular complexity index is 1460. The third-order valence-electron chi connectivity index (χ3n) is 6.05. The molecule has 0 bridgehead atoms. The molecule has 0 spiro atoms. The van der Waals surface area contributed by atoms with E-state index in [1.807, 2.05) is 6.07 Å². The lowest BCUT2D eigenvalue weighted by molar-refractivity contribution is -0.121. The molecule has 2 amide bonds. The summed E-state index contributed by atoms with van der Waals surface area (Å²) in [5, 5.41) is 15.0. The van der Waals surface area contributed by atoms with Crippen molar-refractivity contribution in [2.45, 2.75) is 32.2 Å². The summed E-state index contributed by atoms with van der Waals surface area (Å²) in [6.45, 7) is 2.30. The van der Waals surface area contributed by atoms with Crippen molar-refractivity contribution in [3.8, 4) is 18.4 Å². The number of carbonyl (C=O) groups excluding carboxylic acids is 2. The number of piperidine rings is 1. The number of likely N-dealkylation sites (N-methyl/N-ethyl adjacent to an activating group) is 1. The maximum atomic E-state index is 13.4. The van der Waals surface area contributed by atoms with Gasteiger partial charge in [-0.1, -0.05) is 12.0 Å². The van der Waals surface area contributed by atoms with Crippen LogP contribution >= 0.6 is 11.3 Å². The zero-order valence-corrected chi connectivity index (χ0v) is 21.9. The molecule has 1 aromatic carbocycles. The van der Waals surface area contributed by atoms with E-state index < -0.39 is 11.8 Å². The first-order valence-electron chi connectivity index (χ1n) is 11.9. The predicted molar refractivity (Wildman–Crippen MR) is 143 cm³/mol. The lowest BCUT2D eigenvalue weighted by atomic mass is 10.1. The Labute approximate surface area is 222 Å². The first-order chi connectivity index (χ1) is 18.1. The van der Waals surface area contributed by atoms with Crippen LogP contribution in [0, 0.1) is 23.7 Å². The van der Waals surface area contributed by atoms with Crippen LogP contribution in [0.2, 0.25) is 0 Å². The highest BCUT2D eigenvalue weighted by molar-refractivity contribution is 7.07. The standard InChI is InChI=1S/C26H28F2N6O3S/c1-4-11-30-23(36)20(15-29)25-34(5-2)24(37)21(38-25)16-31-18-7-6-8-19(14-18)32(3)22(35)17-33-12-9-26(27,28)10-13-33/h1,6-8,14,16,31H,5,9-13,17H2,2-3H3,(H,30,36)/b21-16+,25-20-. The number of anilines is 2. The van der Waals surface area contributed by atoms with Crippen molar-refractivity contribution in [2.75, 3.05) is 43.4 Å². The normalized spacial score (nSPS) is 16.2. The number of hydrogen-bond acceptors (Lipinski definition) is 7. The number of alkyl halides is 2. The highest BCUT2D eigenvalue weighted by atomic mass is 32.1. The molecule has 1 aromatic heterocycles. The maximum Gasteiger partial charge on any atom is 0.270 e. The molecule has 1 fully saturated rings. The van der Waals surface area contributed by atoms with Crippen LogP contribution < -0.4 is 30.3 Å². The van der Waals surface area contributed by atoms with Crippen LogP contribution in [-0.4, -0.2) is 60.4 Å². The first-order valence-corrected chi connectivity index (χ1v) is 12.7. The minimum atomic E-state index is -2.67. The second-order valence-electron chi connectivity index (χ2n) is 8.62. The third kappa shape index (κ3) is 6.85. The monoisotopic (exact) mass is 542 g/mol. The summed E-state index contributed by atoms with van der Waals surface area (Å²) < 4.78 is 28.6. The van der Waals surface area contributed by atoms with Crippen molar-refractivity contribution >= 4 is 46.3 Å². The lowest BCUT2D eigenvalue weighted by Gasteiger charge is -2.32. The minimum Gasteiger partial charge on any atom is -0.360 e. The van der Waals surface area contributed by atoms with Gasteiger partial charge in [0.1, 0.15) is 15.3 Å². The van der Waals surface area contributed by atoms with Gasteiger partial charge in [-0.2, -0.15) is 5.26 Å². The zero-order valence-electron chi connectivity index (χ0n) is 21.1. The summed E-state index contributed by atoms with van der Waals surface area (Å²) in [5.74, 6) is -1.30. The number of rotatable bonds is 8. The minimum absolute atomic E-state index is 0.0392. The van der Waals surface area contributed by atoms with Gasteiger partial charge in [0.25, 0.3) is 17.4 Å². The summed E-state index contributed by atoms with van der Waals surface area (Å²) >= 11 is 0.996. The van der Waals surface area contributed by atoms with E-state index in [1.165, 1.54) is 15.7 Å². The quantitative estimate of drug-likeness (QED) is 0.480. The molecular weight excluding hydrogens is 514 g/mol. The fraction of sp³-hybridized carbons (Fsp3) is 0.385. The number of nitriles is 1. The number of halogens is 2. The number of likely N-dealkylation sites (tertiary alicyclic amines) is 1. The Kier molecular flexibility index (Phi) is 9.40. The van der Waals surface area contributed by atoms with Crippen molar-refractivity contribution in [3.63, 3.8) is 0 Å². The van der Waals surface area contributed by atoms with Crippen LogP contribution in [0.15, 0.2) is 29.1 Å². The number of terminal acetylenes is 1. The van der Waals surface area contributed by atoms with E-state index in [-0.39, 0.29) is 71.8 Å². The topological polar surface area (TPSA) is 110 Å². The van der Waals surface area contributed by atoms with Gasteiger partial charge in [0.05, 0.1) is 13.1 Å². The van der Waals surface area contributed by atoms with Crippen LogP contribution in [-0.2, 0) is 16.1 Å². The van der Waals surface area contributed by atoms with Crippen LogP contribution in [0.3, 0.4) is 0 Å². The number of hydrogen-bond donors (Lipinski definition) is 2. The van der Waals surface area contributed by atoms with Crippen molar-refractivity contribution in [1.29, 1.82) is 5.26 Å². The summed E-state index contributed by atoms with van der Waals surface area (Å²) in [6, 6.07) is 8.79. The van der Waals surface area contributed by atoms with E-state index >= 15 is 0 Å². The Hall–Kier alpha value is -4.00. The largest absolute Gasteiger partial charge is 0.360 e. The molecule has 1 aliphatic rings. The number of nitrogens with zero attached hydrogens (tertiary/aromatic N) is 4. The van der Waals surface area contributed by atoms with Crippen molar-refractivity contribution in [2.24, 2.45) is 0 Å². The molecule has 0 aliphatic carbocycles. The molecule has 2 heterocycles. The van der Waals surface area contributed by atoms with E-state index in [4.69, 9.17) is 6.42 Å². The van der Waals surface area contributed by atoms with E-state index in [0.717, 1.165) is 11.3 Å². The summed E-state index contributed by atoms with van der Waals surface area (Å²) in [5.41, 5.74) is 0.601. The number of nitrogens with one attached hydrogen (secondary N) is 2. The van der Waals surface area contributed by atoms with Gasteiger partial charge in [-0.05, 0) is 25.1 Å². The molecule has 1 saturated heterocycles. The number of thiazole rings is 1. The van der Waals surface area contributed by atoms with E-state index in [9.17, 15) is 28.4 Å². The van der Waals surface area contributed by atoms with Crippen molar-refractivity contribution in [3.05, 3.63) is 43.8 Å². The van der Waals surface area contributed by atoms with Gasteiger partial charge in [0.2, 0.25) is 5.91 Å². The second kappa shape index (κ2) is 12.5. The zero-order chi connectivity index (χ0) is 27.9. The molecule has 38 heavy (non-hydrogen) atoms. The molecule has 0 radical (unpaired) electrons. The molecule has 200 valence electrons. The van der Waals surface area contributed by atoms with Gasteiger partial charge >= 0.3 is 0 Å². The Morgan fingerprint density at radius 2 is 2.03 bits per heavy atom. The second-order valence-corrected chi connectivity index (χ2v) is 9.65. The van der Waals surface area contributed by atoms with Crippen molar-refractivity contribution in [1.82, 2.24) is 14.8 Å². The average molecular weight is 543 g/mol. The molecule has 2 aromatic rings. The van der Waals surface area contributed by atoms with Gasteiger partial charge in [-0.3, -0.25) is 23.9 Å². The lowest BCUT2D eigenvalue weighted by Crippen LogP contribution is -2.45. The summed E-state index contributed by atoms with van der Waals surface area (Å²) in [4.78, 5) is 41.2. The van der Waals surface area contributed by atoms with Crippen LogP contribution in [0.5, 0.6) is 0 Å². The SMILES string of the molecule is C#CCNC(=O)/C(C#N)=c1\s/c(=C/Nc2cccc(N(C)C(=O)CN3CCC(F)(F)CC3)c2)c(=O)n1CC. The molecule has 0 unspecified atom stereocenters. The molecule has 0 saturated carbocycles. The highest BCUT2D eigenvalue weighted by Gasteiger charge is 2.34. The number of carbonyl (C=O) groups is 2. The molecule has 2 N–H and O–H groups in total. The Morgan fingerprint density at radius 3 is 2.66 bits per heavy atom. The van der Waals surface area contributed by atoms with Gasteiger partial charge in [-0.25, -0.2) is 8.78 Å². The van der Waals surface area contributed by atoms with E-state index in [0.29, 0.717) is 11.4 Å². The smallest absolute Gasteiger partial charge is 0.270 e. The molecule has 1 aliphatic heterocycles. The van der Waals surface area contributed by atoms with Crippen LogP contribution in [0.25, 0.3) is 11.8 Å². The molecule has 9 nitrogen and oxygen atoms in total.